The van der Waals surface area contributed by atoms with Gasteiger partial charge in [0.2, 0.25) is 11.8 Å². The first-order valence-corrected chi connectivity index (χ1v) is 7.44. The molecule has 0 aromatic rings. The molecule has 2 atom stereocenters. The third-order valence-electron chi connectivity index (χ3n) is 4.01. The number of hydrogen-bond donors (Lipinski definition) is 1. The van der Waals surface area contributed by atoms with E-state index in [0.717, 1.165) is 18.0 Å². The summed E-state index contributed by atoms with van der Waals surface area (Å²) in [7, 11) is 0. The van der Waals surface area contributed by atoms with E-state index >= 15 is 0 Å². The van der Waals surface area contributed by atoms with Crippen molar-refractivity contribution in [2.75, 3.05) is 32.8 Å². The fraction of sp³-hybridized carbons (Fsp3) is 0.786. The molecule has 0 spiro atoms. The maximum Gasteiger partial charge on any atom is 0.330 e. The van der Waals surface area contributed by atoms with E-state index in [2.05, 4.69) is 17.1 Å². The van der Waals surface area contributed by atoms with Crippen LogP contribution in [0.15, 0.2) is 0 Å². The topological polar surface area (TPSA) is 79.0 Å². The minimum atomic E-state index is -0.798. The molecule has 7 heteroatoms. The summed E-state index contributed by atoms with van der Waals surface area (Å²) in [5, 5.41) is 2.26. The smallest absolute Gasteiger partial charge is 0.330 e. The number of carbonyl (C=O) groups excluding carboxylic acids is 3. The Bertz CT molecular complexity index is 438. The van der Waals surface area contributed by atoms with Crippen LogP contribution in [0.3, 0.4) is 0 Å². The van der Waals surface area contributed by atoms with Crippen molar-refractivity contribution in [2.24, 2.45) is 11.8 Å². The average Bonchev–Trinajstić information content (AvgIpc) is 2.43. The summed E-state index contributed by atoms with van der Waals surface area (Å²) in [6.45, 7) is 8.90. The molecule has 2 unspecified atom stereocenters. The molecule has 0 bridgehead atoms. The molecule has 2 heterocycles. The van der Waals surface area contributed by atoms with Crippen molar-refractivity contribution in [1.82, 2.24) is 15.1 Å². The van der Waals surface area contributed by atoms with Crippen LogP contribution in [0.5, 0.6) is 0 Å². The lowest BCUT2D eigenvalue weighted by Gasteiger charge is -2.37. The molecule has 0 radical (unpaired) electrons. The summed E-state index contributed by atoms with van der Waals surface area (Å²) in [5.41, 5.74) is 0. The Kier molecular flexibility index (Phi) is 4.95. The van der Waals surface area contributed by atoms with Gasteiger partial charge in [-0.3, -0.25) is 24.7 Å². The molecule has 21 heavy (non-hydrogen) atoms. The van der Waals surface area contributed by atoms with Crippen molar-refractivity contribution in [3.63, 3.8) is 0 Å². The Balaban J connectivity index is 2.05. The van der Waals surface area contributed by atoms with Gasteiger partial charge in [0.15, 0.2) is 0 Å². The quantitative estimate of drug-likeness (QED) is 0.742. The monoisotopic (exact) mass is 297 g/mol. The zero-order valence-corrected chi connectivity index (χ0v) is 12.8. The van der Waals surface area contributed by atoms with Crippen LogP contribution in [-0.4, -0.2) is 66.5 Å². The minimum absolute atomic E-state index is 0.146. The predicted octanol–water partition coefficient (Wildman–Crippen LogP) is 0.0577. The first-order valence-electron chi connectivity index (χ1n) is 7.44. The van der Waals surface area contributed by atoms with Gasteiger partial charge in [0.05, 0.1) is 19.3 Å². The molecular formula is C14H23N3O4. The number of likely N-dealkylation sites (N-methyl/N-ethyl adjacent to an activating group) is 1. The van der Waals surface area contributed by atoms with Gasteiger partial charge >= 0.3 is 6.03 Å². The molecular weight excluding hydrogens is 274 g/mol. The van der Waals surface area contributed by atoms with Crippen LogP contribution in [0.2, 0.25) is 0 Å². The number of amides is 4. The lowest BCUT2D eigenvalue weighted by atomic mass is 9.92. The summed E-state index contributed by atoms with van der Waals surface area (Å²) in [6, 6.07) is -0.640. The van der Waals surface area contributed by atoms with Crippen molar-refractivity contribution < 1.29 is 19.1 Å². The first-order chi connectivity index (χ1) is 9.93. The average molecular weight is 297 g/mol. The maximum absolute atomic E-state index is 12.4. The van der Waals surface area contributed by atoms with E-state index in [1.807, 2.05) is 0 Å². The van der Waals surface area contributed by atoms with Crippen LogP contribution in [-0.2, 0) is 14.3 Å². The number of urea groups is 1. The van der Waals surface area contributed by atoms with E-state index in [-0.39, 0.29) is 18.6 Å². The van der Waals surface area contributed by atoms with Gasteiger partial charge in [0, 0.05) is 13.1 Å². The molecule has 0 saturated carbocycles. The number of nitrogens with zero attached hydrogens (tertiary/aromatic N) is 2. The van der Waals surface area contributed by atoms with Gasteiger partial charge in [-0.25, -0.2) is 4.79 Å². The zero-order chi connectivity index (χ0) is 15.6. The highest BCUT2D eigenvalue weighted by molar-refractivity contribution is 6.16. The summed E-state index contributed by atoms with van der Waals surface area (Å²) in [5.74, 6) is -1.87. The van der Waals surface area contributed by atoms with Crippen molar-refractivity contribution >= 4 is 17.8 Å². The summed E-state index contributed by atoms with van der Waals surface area (Å²) in [6.07, 6.45) is -0.200. The number of hydrogen-bond acceptors (Lipinski definition) is 5. The number of carbonyl (C=O) groups is 3. The number of barbiturate groups is 1. The molecule has 1 N–H and O–H groups in total. The third-order valence-corrected chi connectivity index (χ3v) is 4.01. The maximum atomic E-state index is 12.4. The Morgan fingerprint density at radius 3 is 2.67 bits per heavy atom. The highest BCUT2D eigenvalue weighted by Gasteiger charge is 2.43. The normalized spacial score (nSPS) is 28.2. The zero-order valence-electron chi connectivity index (χ0n) is 12.8. The number of imide groups is 2. The lowest BCUT2D eigenvalue weighted by molar-refractivity contribution is -0.146. The van der Waals surface area contributed by atoms with Gasteiger partial charge in [-0.2, -0.15) is 0 Å². The highest BCUT2D eigenvalue weighted by atomic mass is 16.5. The summed E-state index contributed by atoms with van der Waals surface area (Å²) >= 11 is 0. The van der Waals surface area contributed by atoms with Crippen LogP contribution in [0.25, 0.3) is 0 Å². The molecule has 2 aliphatic rings. The molecule has 0 aromatic heterocycles. The first kappa shape index (κ1) is 15.9. The molecule has 4 amide bonds. The van der Waals surface area contributed by atoms with E-state index in [1.165, 1.54) is 0 Å². The third kappa shape index (κ3) is 3.41. The van der Waals surface area contributed by atoms with Crippen molar-refractivity contribution in [3.05, 3.63) is 0 Å². The Labute approximate surface area is 124 Å². The molecule has 0 aliphatic carbocycles. The predicted molar refractivity (Wildman–Crippen MR) is 75.4 cm³/mol. The number of morpholine rings is 1. The number of nitrogens with one attached hydrogen (secondary N) is 1. The number of rotatable bonds is 4. The van der Waals surface area contributed by atoms with Crippen molar-refractivity contribution in [2.45, 2.75) is 26.9 Å². The Morgan fingerprint density at radius 2 is 2.05 bits per heavy atom. The molecule has 7 nitrogen and oxygen atoms in total. The Morgan fingerprint density at radius 1 is 1.33 bits per heavy atom. The van der Waals surface area contributed by atoms with Crippen molar-refractivity contribution in [1.29, 1.82) is 0 Å². The highest BCUT2D eigenvalue weighted by Crippen LogP contribution is 2.20. The van der Waals surface area contributed by atoms with Crippen LogP contribution in [0, 0.1) is 11.8 Å². The fourth-order valence-electron chi connectivity index (χ4n) is 2.77. The largest absolute Gasteiger partial charge is 0.374 e. The standard InChI is InChI=1S/C14H23N3O4/c1-4-16-5-6-21-10(7-16)8-17-13(19)11(9(2)3)12(18)15-14(17)20/h9-11H,4-8H2,1-3H3,(H,15,18,20). The summed E-state index contributed by atoms with van der Waals surface area (Å²) < 4.78 is 5.63. The van der Waals surface area contributed by atoms with Crippen LogP contribution < -0.4 is 5.32 Å². The fourth-order valence-corrected chi connectivity index (χ4v) is 2.77. The van der Waals surface area contributed by atoms with Gasteiger partial charge in [-0.1, -0.05) is 20.8 Å². The van der Waals surface area contributed by atoms with E-state index < -0.39 is 23.8 Å². The molecule has 2 fully saturated rings. The minimum Gasteiger partial charge on any atom is -0.374 e. The van der Waals surface area contributed by atoms with E-state index in [1.54, 1.807) is 13.8 Å². The second-order valence-electron chi connectivity index (χ2n) is 5.85. The van der Waals surface area contributed by atoms with Gasteiger partial charge < -0.3 is 4.74 Å². The van der Waals surface area contributed by atoms with E-state index in [9.17, 15) is 14.4 Å². The van der Waals surface area contributed by atoms with Crippen LogP contribution in [0.4, 0.5) is 4.79 Å². The number of ether oxygens (including phenoxy) is 1. The van der Waals surface area contributed by atoms with Gasteiger partial charge in [-0.15, -0.1) is 0 Å². The van der Waals surface area contributed by atoms with E-state index in [4.69, 9.17) is 4.74 Å². The molecule has 2 aliphatic heterocycles. The van der Waals surface area contributed by atoms with Crippen LogP contribution in [0.1, 0.15) is 20.8 Å². The van der Waals surface area contributed by atoms with Gasteiger partial charge in [-0.05, 0) is 12.5 Å². The van der Waals surface area contributed by atoms with E-state index in [0.29, 0.717) is 13.2 Å². The Hall–Kier alpha value is -1.47. The SMILES string of the molecule is CCN1CCOC(CN2C(=O)NC(=O)C(C(C)C)C2=O)C1. The van der Waals surface area contributed by atoms with Crippen molar-refractivity contribution in [3.8, 4) is 0 Å². The second-order valence-corrected chi connectivity index (χ2v) is 5.85. The molecule has 2 rings (SSSR count). The van der Waals surface area contributed by atoms with Crippen LogP contribution >= 0.6 is 0 Å². The van der Waals surface area contributed by atoms with Gasteiger partial charge in [0.1, 0.15) is 5.92 Å². The molecule has 2 saturated heterocycles. The molecule has 118 valence electrons. The van der Waals surface area contributed by atoms with Gasteiger partial charge in [0.25, 0.3) is 0 Å². The lowest BCUT2D eigenvalue weighted by Crippen LogP contribution is -2.61. The summed E-state index contributed by atoms with van der Waals surface area (Å²) in [4.78, 5) is 39.4. The molecule has 0 aromatic carbocycles. The second kappa shape index (κ2) is 6.53.